The van der Waals surface area contributed by atoms with E-state index in [4.69, 9.17) is 18.9 Å². The summed E-state index contributed by atoms with van der Waals surface area (Å²) in [6.07, 6.45) is 0. The molecule has 0 bridgehead atoms. The van der Waals surface area contributed by atoms with Gasteiger partial charge in [-0.3, -0.25) is 4.79 Å². The molecule has 0 saturated heterocycles. The molecule has 0 aliphatic heterocycles. The van der Waals surface area contributed by atoms with Gasteiger partial charge in [0, 0.05) is 23.3 Å². The number of carbonyl (C=O) groups excluding carboxylic acids is 2. The molecule has 2 rings (SSSR count). The normalized spacial score (nSPS) is 10.4. The van der Waals surface area contributed by atoms with E-state index in [1.54, 1.807) is 43.5 Å². The number of methoxy groups -OCH3 is 2. The average molecular weight is 372 g/mol. The summed E-state index contributed by atoms with van der Waals surface area (Å²) >= 11 is 0. The summed E-state index contributed by atoms with van der Waals surface area (Å²) in [7, 11) is 3.09. The SMILES string of the molecule is CCOCc1cc(C(=O)OCc2cc(C(C)=O)ccc2OC)ccc1OC. The van der Waals surface area contributed by atoms with Gasteiger partial charge in [0.15, 0.2) is 5.78 Å². The predicted molar refractivity (Wildman–Crippen MR) is 100 cm³/mol. The topological polar surface area (TPSA) is 71.1 Å². The summed E-state index contributed by atoms with van der Waals surface area (Å²) in [4.78, 5) is 24.0. The largest absolute Gasteiger partial charge is 0.496 e. The van der Waals surface area contributed by atoms with E-state index in [1.807, 2.05) is 6.92 Å². The van der Waals surface area contributed by atoms with Crippen LogP contribution in [0.2, 0.25) is 0 Å². The lowest BCUT2D eigenvalue weighted by Crippen LogP contribution is -2.08. The van der Waals surface area contributed by atoms with Crippen LogP contribution in [0.3, 0.4) is 0 Å². The molecule has 0 N–H and O–H groups in total. The first-order valence-corrected chi connectivity index (χ1v) is 8.59. The Bertz CT molecular complexity index is 812. The summed E-state index contributed by atoms with van der Waals surface area (Å²) in [5.74, 6) is 0.655. The number of Topliss-reactive ketones (excluding diaryl/α,β-unsaturated/α-hetero) is 1. The maximum absolute atomic E-state index is 12.5. The Balaban J connectivity index is 2.16. The Labute approximate surface area is 159 Å². The number of hydrogen-bond acceptors (Lipinski definition) is 6. The number of benzene rings is 2. The van der Waals surface area contributed by atoms with Crippen molar-refractivity contribution in [1.29, 1.82) is 0 Å². The second kappa shape index (κ2) is 9.73. The fourth-order valence-corrected chi connectivity index (χ4v) is 2.57. The van der Waals surface area contributed by atoms with E-state index in [0.717, 1.165) is 5.56 Å². The van der Waals surface area contributed by atoms with E-state index < -0.39 is 5.97 Å². The Morgan fingerprint density at radius 1 is 0.852 bits per heavy atom. The summed E-state index contributed by atoms with van der Waals surface area (Å²) in [5.41, 5.74) is 2.32. The van der Waals surface area contributed by atoms with Gasteiger partial charge >= 0.3 is 5.97 Å². The van der Waals surface area contributed by atoms with Crippen LogP contribution in [0.25, 0.3) is 0 Å². The predicted octanol–water partition coefficient (Wildman–Crippen LogP) is 3.80. The van der Waals surface area contributed by atoms with Crippen LogP contribution in [-0.2, 0) is 22.7 Å². The van der Waals surface area contributed by atoms with E-state index in [1.165, 1.54) is 14.0 Å². The van der Waals surface area contributed by atoms with Crippen LogP contribution in [0.1, 0.15) is 45.7 Å². The highest BCUT2D eigenvalue weighted by atomic mass is 16.5. The van der Waals surface area contributed by atoms with Crippen molar-refractivity contribution in [3.05, 3.63) is 58.7 Å². The molecule has 0 unspecified atom stereocenters. The molecule has 0 aliphatic rings. The molecule has 0 atom stereocenters. The van der Waals surface area contributed by atoms with E-state index in [0.29, 0.717) is 41.4 Å². The van der Waals surface area contributed by atoms with Crippen molar-refractivity contribution in [2.45, 2.75) is 27.1 Å². The second-order valence-corrected chi connectivity index (χ2v) is 5.82. The van der Waals surface area contributed by atoms with Gasteiger partial charge in [0.05, 0.1) is 26.4 Å². The molecule has 0 fully saturated rings. The third kappa shape index (κ3) is 5.31. The standard InChI is InChI=1S/C21H24O6/c1-5-26-12-17-11-16(7-9-19(17)24-3)21(23)27-13-18-10-15(14(2)22)6-8-20(18)25-4/h6-11H,5,12-13H2,1-4H3. The lowest BCUT2D eigenvalue weighted by molar-refractivity contribution is 0.0469. The van der Waals surface area contributed by atoms with Crippen molar-refractivity contribution in [3.63, 3.8) is 0 Å². The highest BCUT2D eigenvalue weighted by Crippen LogP contribution is 2.24. The van der Waals surface area contributed by atoms with Crippen molar-refractivity contribution >= 4 is 11.8 Å². The van der Waals surface area contributed by atoms with Gasteiger partial charge in [-0.1, -0.05) is 0 Å². The summed E-state index contributed by atoms with van der Waals surface area (Å²) in [6, 6.07) is 10.1. The minimum Gasteiger partial charge on any atom is -0.496 e. The second-order valence-electron chi connectivity index (χ2n) is 5.82. The number of ketones is 1. The number of hydrogen-bond donors (Lipinski definition) is 0. The van der Waals surface area contributed by atoms with Gasteiger partial charge in [-0.2, -0.15) is 0 Å². The smallest absolute Gasteiger partial charge is 0.338 e. The highest BCUT2D eigenvalue weighted by Gasteiger charge is 2.14. The van der Waals surface area contributed by atoms with Crippen LogP contribution in [0.5, 0.6) is 11.5 Å². The van der Waals surface area contributed by atoms with Gasteiger partial charge in [-0.25, -0.2) is 4.79 Å². The van der Waals surface area contributed by atoms with Crippen LogP contribution in [-0.4, -0.2) is 32.6 Å². The fraction of sp³-hybridized carbons (Fsp3) is 0.333. The first-order valence-electron chi connectivity index (χ1n) is 8.59. The third-order valence-corrected chi connectivity index (χ3v) is 4.02. The molecule has 0 amide bonds. The van der Waals surface area contributed by atoms with E-state index in [-0.39, 0.29) is 12.4 Å². The molecule has 144 valence electrons. The molecule has 0 aromatic heterocycles. The van der Waals surface area contributed by atoms with Crippen LogP contribution < -0.4 is 9.47 Å². The number of esters is 1. The van der Waals surface area contributed by atoms with Gasteiger partial charge in [0.25, 0.3) is 0 Å². The maximum Gasteiger partial charge on any atom is 0.338 e. The van der Waals surface area contributed by atoms with E-state index in [2.05, 4.69) is 0 Å². The Morgan fingerprint density at radius 3 is 1.96 bits per heavy atom. The zero-order valence-corrected chi connectivity index (χ0v) is 16.0. The molecule has 6 nitrogen and oxygen atoms in total. The molecule has 0 aliphatic carbocycles. The molecule has 0 saturated carbocycles. The van der Waals surface area contributed by atoms with E-state index >= 15 is 0 Å². The fourth-order valence-electron chi connectivity index (χ4n) is 2.57. The molecule has 6 heteroatoms. The third-order valence-electron chi connectivity index (χ3n) is 4.02. The lowest BCUT2D eigenvalue weighted by Gasteiger charge is -2.12. The Hall–Kier alpha value is -2.86. The first-order chi connectivity index (χ1) is 13.0. The first kappa shape index (κ1) is 20.5. The highest BCUT2D eigenvalue weighted by molar-refractivity contribution is 5.94. The van der Waals surface area contributed by atoms with Crippen molar-refractivity contribution < 1.29 is 28.5 Å². The lowest BCUT2D eigenvalue weighted by atomic mass is 10.1. The number of ether oxygens (including phenoxy) is 4. The molecular weight excluding hydrogens is 348 g/mol. The Morgan fingerprint density at radius 2 is 1.41 bits per heavy atom. The quantitative estimate of drug-likeness (QED) is 0.492. The molecule has 2 aromatic rings. The van der Waals surface area contributed by atoms with Crippen LogP contribution in [0.4, 0.5) is 0 Å². The van der Waals surface area contributed by atoms with Gasteiger partial charge in [-0.15, -0.1) is 0 Å². The van der Waals surface area contributed by atoms with Crippen molar-refractivity contribution in [1.82, 2.24) is 0 Å². The summed E-state index contributed by atoms with van der Waals surface area (Å²) in [6.45, 7) is 4.28. The molecule has 0 spiro atoms. The van der Waals surface area contributed by atoms with Crippen LogP contribution >= 0.6 is 0 Å². The average Bonchev–Trinajstić information content (AvgIpc) is 2.69. The van der Waals surface area contributed by atoms with Crippen LogP contribution in [0.15, 0.2) is 36.4 Å². The molecule has 27 heavy (non-hydrogen) atoms. The Kier molecular flexibility index (Phi) is 7.37. The molecule has 2 aromatic carbocycles. The van der Waals surface area contributed by atoms with Crippen LogP contribution in [0, 0.1) is 0 Å². The van der Waals surface area contributed by atoms with Crippen molar-refractivity contribution in [2.75, 3.05) is 20.8 Å². The number of carbonyl (C=O) groups is 2. The summed E-state index contributed by atoms with van der Waals surface area (Å²) in [5, 5.41) is 0. The van der Waals surface area contributed by atoms with Crippen molar-refractivity contribution in [2.24, 2.45) is 0 Å². The van der Waals surface area contributed by atoms with Gasteiger partial charge < -0.3 is 18.9 Å². The minimum atomic E-state index is -0.481. The molecule has 0 radical (unpaired) electrons. The van der Waals surface area contributed by atoms with Gasteiger partial charge in [0.1, 0.15) is 18.1 Å². The number of rotatable bonds is 9. The van der Waals surface area contributed by atoms with E-state index in [9.17, 15) is 9.59 Å². The van der Waals surface area contributed by atoms with Gasteiger partial charge in [0.2, 0.25) is 0 Å². The van der Waals surface area contributed by atoms with Crippen molar-refractivity contribution in [3.8, 4) is 11.5 Å². The monoisotopic (exact) mass is 372 g/mol. The maximum atomic E-state index is 12.5. The zero-order chi connectivity index (χ0) is 19.8. The summed E-state index contributed by atoms with van der Waals surface area (Å²) < 4.78 is 21.4. The minimum absolute atomic E-state index is 0.00402. The molecular formula is C21H24O6. The molecule has 0 heterocycles. The zero-order valence-electron chi connectivity index (χ0n) is 16.0. The van der Waals surface area contributed by atoms with Gasteiger partial charge in [-0.05, 0) is 50.2 Å².